The van der Waals surface area contributed by atoms with Gasteiger partial charge >= 0.3 is 66.0 Å². The average Bonchev–Trinajstić information content (AvgIpc) is 2.01. The van der Waals surface area contributed by atoms with Crippen LogP contribution < -0.4 is 16.0 Å². The van der Waals surface area contributed by atoms with Crippen molar-refractivity contribution in [2.45, 2.75) is 148 Å². The lowest BCUT2D eigenvalue weighted by Crippen LogP contribution is -2.30. The van der Waals surface area contributed by atoms with Crippen LogP contribution in [0.5, 0.6) is 0 Å². The van der Waals surface area contributed by atoms with E-state index in [1.54, 1.807) is 33.2 Å². The third-order valence-corrected chi connectivity index (χ3v) is 13.1. The Morgan fingerprint density at radius 2 is 0.758 bits per heavy atom. The van der Waals surface area contributed by atoms with E-state index in [0.717, 1.165) is 37.0 Å². The van der Waals surface area contributed by atoms with Gasteiger partial charge in [-0.1, -0.05) is 95.9 Å². The van der Waals surface area contributed by atoms with Crippen molar-refractivity contribution < 1.29 is 114 Å². The van der Waals surface area contributed by atoms with Crippen LogP contribution in [0, 0.1) is 29.6 Å². The van der Waals surface area contributed by atoms with E-state index in [1.807, 2.05) is 86.2 Å². The second-order valence-electron chi connectivity index (χ2n) is 21.1. The van der Waals surface area contributed by atoms with Crippen molar-refractivity contribution in [3.8, 4) is 0 Å². The Kier molecular flexibility index (Phi) is 64.6. The zero-order chi connectivity index (χ0) is 75.6. The van der Waals surface area contributed by atoms with E-state index in [0.29, 0.717) is 70.5 Å². The molecule has 0 fully saturated rings. The van der Waals surface area contributed by atoms with Gasteiger partial charge in [0.15, 0.2) is 0 Å². The van der Waals surface area contributed by atoms with Crippen LogP contribution in [0.1, 0.15) is 147 Å². The molecule has 99 heavy (non-hydrogen) atoms. The lowest BCUT2D eigenvalue weighted by atomic mass is 10.1. The normalized spacial score (nSPS) is 11.7. The number of hydrogen-bond acceptors (Lipinski definition) is 26. The molecule has 0 bridgehead atoms. The topological polar surface area (TPSA) is 375 Å². The highest BCUT2D eigenvalue weighted by molar-refractivity contribution is 5.87. The van der Waals surface area contributed by atoms with Gasteiger partial charge in [-0.3, -0.25) is 29.0 Å². The maximum absolute atomic E-state index is 11.3. The van der Waals surface area contributed by atoms with Gasteiger partial charge in [-0.15, -0.1) is 0 Å². The number of imidazole rings is 1. The monoisotopic (exact) mass is 1410 g/mol. The van der Waals surface area contributed by atoms with Crippen LogP contribution in [0.4, 0.5) is 14.4 Å². The van der Waals surface area contributed by atoms with Gasteiger partial charge in [0.1, 0.15) is 72.7 Å². The average molecular weight is 1410 g/mol. The smallest absolute Gasteiger partial charge is 0.407 e. The fourth-order valence-electron chi connectivity index (χ4n) is 5.61. The molecule has 0 aliphatic heterocycles. The molecule has 6 unspecified atom stereocenters. The van der Waals surface area contributed by atoms with E-state index >= 15 is 0 Å². The van der Waals surface area contributed by atoms with Crippen molar-refractivity contribution in [3.05, 3.63) is 86.3 Å². The first-order chi connectivity index (χ1) is 47.2. The second kappa shape index (κ2) is 66.3. The number of aromatic nitrogens is 3. The number of ether oxygens (including phenoxy) is 13. The summed E-state index contributed by atoms with van der Waals surface area (Å²) in [6.07, 6.45) is 14.0. The highest BCUT2D eigenvalue weighted by Crippen LogP contribution is 2.09. The molecule has 0 radical (unpaired) electrons. The fraction of sp³-hybridized carbons (Fsp3) is 0.638. The Balaban J connectivity index is -0.000000555. The molecule has 3 amide bonds. The number of carbonyl (C=O) groups excluding carboxylic acids is 11. The van der Waals surface area contributed by atoms with E-state index in [9.17, 15) is 52.7 Å². The molecular weight excluding hydrogens is 1300 g/mol. The van der Waals surface area contributed by atoms with Crippen LogP contribution in [0.25, 0.3) is 0 Å². The lowest BCUT2D eigenvalue weighted by Gasteiger charge is -2.10. The fourth-order valence-corrected chi connectivity index (χ4v) is 5.61. The van der Waals surface area contributed by atoms with E-state index in [2.05, 4.69) is 73.5 Å². The SMILES string of the molecule is C=C(C)C(=O)OCCNC(=O)OCCOC(=O)C(C)CC.C=CC(=O)OCCNC(=O)OCCOC(=O)C(C)CC.C=CC(=O)OCCNC(=O)OCCOC(=O)C(C)CC.CCC(C)C(=O)OCc1ccncc1.CCC(C)n1ccnc1.CCOCCOCCOC(=O)C(C)CC. The molecule has 0 saturated carbocycles. The van der Waals surface area contributed by atoms with Crippen LogP contribution in [0.15, 0.2) is 80.7 Å². The maximum Gasteiger partial charge on any atom is 0.407 e. The maximum atomic E-state index is 11.3. The van der Waals surface area contributed by atoms with Crippen molar-refractivity contribution >= 4 is 66.0 Å². The number of carbonyl (C=O) groups is 11. The number of nitrogens with one attached hydrogen (secondary N) is 3. The zero-order valence-corrected chi connectivity index (χ0v) is 60.9. The molecular formula is C69H114N6O24. The highest BCUT2D eigenvalue weighted by atomic mass is 16.6. The van der Waals surface area contributed by atoms with Crippen molar-refractivity contribution in [1.29, 1.82) is 0 Å². The van der Waals surface area contributed by atoms with Crippen LogP contribution in [0.2, 0.25) is 0 Å². The Labute approximate surface area is 584 Å². The number of hydrogen-bond donors (Lipinski definition) is 3. The summed E-state index contributed by atoms with van der Waals surface area (Å²) in [5, 5.41) is 7.13. The molecule has 6 atom stereocenters. The highest BCUT2D eigenvalue weighted by Gasteiger charge is 2.16. The van der Waals surface area contributed by atoms with Gasteiger partial charge in [0.25, 0.3) is 0 Å². The molecule has 2 rings (SSSR count). The first-order valence-electron chi connectivity index (χ1n) is 33.2. The summed E-state index contributed by atoms with van der Waals surface area (Å²) < 4.78 is 65.5. The van der Waals surface area contributed by atoms with Gasteiger partial charge in [-0.2, -0.15) is 0 Å². The minimum absolute atomic E-state index is 0.0151. The summed E-state index contributed by atoms with van der Waals surface area (Å²) in [6.45, 7) is 39.7. The van der Waals surface area contributed by atoms with Crippen LogP contribution in [-0.4, -0.2) is 193 Å². The number of alkyl carbamates (subject to hydrolysis) is 3. The van der Waals surface area contributed by atoms with E-state index in [4.69, 9.17) is 52.1 Å². The second-order valence-corrected chi connectivity index (χ2v) is 21.1. The standard InChI is InChI=1S/C14H23NO6.2C13H21NO6.C11H15NO2.C11H22O4.C7H12N2/c1-5-11(4)13(17)20-8-9-21-14(18)15-6-7-19-12(16)10(2)3;2*1-4-10(3)12(16)19-8-9-20-13(17)14-6-7-18-11(15)5-2;1-3-9(2)11(13)14-8-10-4-6-12-7-5-10;1-4-10(3)11(12)15-9-8-14-7-6-13-5-2;1-3-7(2)9-5-4-8-6-9/h11H,2,5-9H2,1,3-4H3,(H,15,18);2*5,10H,2,4,6-9H2,1,3H3,(H,14,17);4-7,9H,3,8H2,1-2H3;10H,4-9H2,1-3H3;4-7H,3H2,1-2H3. The summed E-state index contributed by atoms with van der Waals surface area (Å²) in [7, 11) is 0. The molecule has 0 aliphatic rings. The molecule has 0 aliphatic carbocycles. The summed E-state index contributed by atoms with van der Waals surface area (Å²) in [5.74, 6) is -3.38. The Morgan fingerprint density at radius 3 is 1.08 bits per heavy atom. The Bertz CT molecular complexity index is 2470. The summed E-state index contributed by atoms with van der Waals surface area (Å²) >= 11 is 0. The van der Waals surface area contributed by atoms with Gasteiger partial charge in [0, 0.05) is 55.2 Å². The summed E-state index contributed by atoms with van der Waals surface area (Å²) in [5.41, 5.74) is 1.26. The molecule has 30 nitrogen and oxygen atoms in total. The van der Waals surface area contributed by atoms with Gasteiger partial charge in [0.05, 0.1) is 75.4 Å². The van der Waals surface area contributed by atoms with Crippen molar-refractivity contribution in [3.63, 3.8) is 0 Å². The van der Waals surface area contributed by atoms with E-state index in [1.165, 1.54) is 6.92 Å². The van der Waals surface area contributed by atoms with E-state index in [-0.39, 0.29) is 139 Å². The van der Waals surface area contributed by atoms with Crippen molar-refractivity contribution in [2.24, 2.45) is 29.6 Å². The first-order valence-corrected chi connectivity index (χ1v) is 33.2. The molecule has 0 aromatic carbocycles. The summed E-state index contributed by atoms with van der Waals surface area (Å²) in [6, 6.07) is 4.26. The molecule has 2 aromatic rings. The molecule has 564 valence electrons. The van der Waals surface area contributed by atoms with Crippen LogP contribution >= 0.6 is 0 Å². The number of pyridine rings is 1. The predicted molar refractivity (Wildman–Crippen MR) is 366 cm³/mol. The van der Waals surface area contributed by atoms with Gasteiger partial charge in [0.2, 0.25) is 0 Å². The van der Waals surface area contributed by atoms with Crippen molar-refractivity contribution in [1.82, 2.24) is 30.5 Å². The predicted octanol–water partition coefficient (Wildman–Crippen LogP) is 9.14. The number of esters is 8. The third kappa shape index (κ3) is 60.0. The minimum Gasteiger partial charge on any atom is -0.463 e. The molecule has 0 spiro atoms. The Hall–Kier alpha value is -8.93. The number of rotatable bonds is 42. The molecule has 2 aromatic heterocycles. The number of nitrogens with zero attached hydrogens (tertiary/aromatic N) is 3. The molecule has 30 heteroatoms. The summed E-state index contributed by atoms with van der Waals surface area (Å²) in [4.78, 5) is 130. The minimum atomic E-state index is -0.667. The van der Waals surface area contributed by atoms with Gasteiger partial charge in [-0.05, 0) is 77.0 Å². The molecule has 2 heterocycles. The van der Waals surface area contributed by atoms with Crippen LogP contribution in [0.3, 0.4) is 0 Å². The van der Waals surface area contributed by atoms with Gasteiger partial charge in [-0.25, -0.2) is 33.8 Å². The quantitative estimate of drug-likeness (QED) is 0.0241. The van der Waals surface area contributed by atoms with Crippen molar-refractivity contribution in [2.75, 3.05) is 112 Å². The first kappa shape index (κ1) is 96.5. The van der Waals surface area contributed by atoms with Crippen LogP contribution in [-0.2, 0) is 107 Å². The Morgan fingerprint density at radius 1 is 0.424 bits per heavy atom. The number of amides is 3. The third-order valence-electron chi connectivity index (χ3n) is 13.1. The van der Waals surface area contributed by atoms with Gasteiger partial charge < -0.3 is 82.1 Å². The molecule has 0 saturated heterocycles. The largest absolute Gasteiger partial charge is 0.463 e. The zero-order valence-electron chi connectivity index (χ0n) is 60.9. The van der Waals surface area contributed by atoms with E-state index < -0.39 is 36.2 Å². The molecule has 3 N–H and O–H groups in total. The lowest BCUT2D eigenvalue weighted by molar-refractivity contribution is -0.150.